The lowest BCUT2D eigenvalue weighted by Crippen LogP contribution is -2.48. The fourth-order valence-electron chi connectivity index (χ4n) is 5.20. The van der Waals surface area contributed by atoms with Gasteiger partial charge in [-0.3, -0.25) is 9.59 Å². The number of aliphatic hydroxyl groups is 1. The lowest BCUT2D eigenvalue weighted by atomic mass is 9.53. The maximum atomic E-state index is 13.8. The standard InChI is InChI=1S/C26H28B2N5O4S/c1-13(2)21(19-10-20(28-27)32-37-19)24(35)33-11-17(34)9-18(33)23-30-25(36)26(4,31-23)16-7-5-15(6-8-16)22-14(3)29-12-38-22/h5-8,10,12-13,17-18,21,34H,9,11H2,1-4H3,(H,30,31,36)/t17-,18+,21?,26?/m1/s1. The van der Waals surface area contributed by atoms with Crippen LogP contribution in [-0.2, 0) is 15.1 Å². The number of aliphatic imine (C=N–C) groups is 1. The number of benzene rings is 1. The summed E-state index contributed by atoms with van der Waals surface area (Å²) in [4.78, 5) is 38.8. The second-order valence-electron chi connectivity index (χ2n) is 10.3. The number of aryl methyl sites for hydroxylation is 1. The van der Waals surface area contributed by atoms with Gasteiger partial charge in [-0.05, 0) is 37.0 Å². The van der Waals surface area contributed by atoms with E-state index in [0.717, 1.165) is 21.7 Å². The number of rotatable bonds is 7. The Balaban J connectivity index is 1.43. The van der Waals surface area contributed by atoms with Gasteiger partial charge in [0.2, 0.25) is 5.91 Å². The van der Waals surface area contributed by atoms with E-state index in [9.17, 15) is 14.7 Å². The molecule has 1 aromatic carbocycles. The van der Waals surface area contributed by atoms with Crippen molar-refractivity contribution in [1.82, 2.24) is 20.4 Å². The zero-order chi connectivity index (χ0) is 27.2. The Labute approximate surface area is 227 Å². The molecular weight excluding hydrogens is 500 g/mol. The molecule has 2 unspecified atom stereocenters. The highest BCUT2D eigenvalue weighted by Gasteiger charge is 2.48. The monoisotopic (exact) mass is 528 g/mol. The molecule has 193 valence electrons. The minimum Gasteiger partial charge on any atom is -0.391 e. The van der Waals surface area contributed by atoms with E-state index in [0.29, 0.717) is 17.2 Å². The maximum absolute atomic E-state index is 13.8. The topological polar surface area (TPSA) is 121 Å². The highest BCUT2D eigenvalue weighted by molar-refractivity contribution is 7.13. The Morgan fingerprint density at radius 3 is 2.68 bits per heavy atom. The van der Waals surface area contributed by atoms with E-state index >= 15 is 0 Å². The lowest BCUT2D eigenvalue weighted by molar-refractivity contribution is -0.134. The normalized spacial score (nSPS) is 24.0. The van der Waals surface area contributed by atoms with Crippen molar-refractivity contribution in [2.75, 3.05) is 6.54 Å². The van der Waals surface area contributed by atoms with Crippen LogP contribution < -0.4 is 10.9 Å². The summed E-state index contributed by atoms with van der Waals surface area (Å²) in [6, 6.07) is 8.80. The van der Waals surface area contributed by atoms with Crippen molar-refractivity contribution >= 4 is 49.5 Å². The molecule has 0 aliphatic carbocycles. The van der Waals surface area contributed by atoms with Gasteiger partial charge in [0.1, 0.15) is 24.7 Å². The summed E-state index contributed by atoms with van der Waals surface area (Å²) < 4.78 is 5.42. The molecule has 2 aliphatic rings. The summed E-state index contributed by atoms with van der Waals surface area (Å²) in [5.41, 5.74) is 3.81. The molecular formula is C26H28B2N5O4S. The highest BCUT2D eigenvalue weighted by Crippen LogP contribution is 2.36. The van der Waals surface area contributed by atoms with Gasteiger partial charge in [-0.1, -0.05) is 43.3 Å². The number of amidine groups is 1. The number of carbonyl (C=O) groups excluding carboxylic acids is 2. The van der Waals surface area contributed by atoms with Crippen molar-refractivity contribution in [3.05, 3.63) is 52.9 Å². The Hall–Kier alpha value is -3.24. The molecule has 2 aromatic heterocycles. The molecule has 2 amide bonds. The van der Waals surface area contributed by atoms with E-state index in [1.165, 1.54) is 7.17 Å². The second-order valence-corrected chi connectivity index (χ2v) is 11.2. The van der Waals surface area contributed by atoms with E-state index in [-0.39, 0.29) is 30.7 Å². The summed E-state index contributed by atoms with van der Waals surface area (Å²) in [6.07, 6.45) is -0.471. The predicted molar refractivity (Wildman–Crippen MR) is 147 cm³/mol. The number of amides is 2. The van der Waals surface area contributed by atoms with Crippen molar-refractivity contribution in [1.29, 1.82) is 0 Å². The van der Waals surface area contributed by atoms with Crippen LogP contribution in [-0.4, -0.2) is 71.4 Å². The summed E-state index contributed by atoms with van der Waals surface area (Å²) in [6.45, 7) is 7.69. The SMILES string of the molecule is [B][B]c1cc(C(C(=O)N2C[C@H](O)C[C@H]2C2=NC(C)(c3ccc(-c4scnc4C)cc3)C(=O)N2)C(C)C)on1. The van der Waals surface area contributed by atoms with E-state index < -0.39 is 23.6 Å². The predicted octanol–water partition coefficient (Wildman–Crippen LogP) is 1.66. The van der Waals surface area contributed by atoms with Gasteiger partial charge < -0.3 is 19.8 Å². The second kappa shape index (κ2) is 10.1. The number of aliphatic hydroxyl groups excluding tert-OH is 1. The van der Waals surface area contributed by atoms with Gasteiger partial charge in [-0.15, -0.1) is 11.3 Å². The molecule has 2 N–H and O–H groups in total. The molecule has 3 aromatic rings. The van der Waals surface area contributed by atoms with Crippen LogP contribution in [0, 0.1) is 12.8 Å². The first-order chi connectivity index (χ1) is 18.1. The van der Waals surface area contributed by atoms with Gasteiger partial charge in [0.15, 0.2) is 5.54 Å². The number of likely N-dealkylation sites (tertiary alicyclic amines) is 1. The quantitative estimate of drug-likeness (QED) is 0.451. The Morgan fingerprint density at radius 1 is 1.34 bits per heavy atom. The molecule has 1 fully saturated rings. The van der Waals surface area contributed by atoms with E-state index in [2.05, 4.69) is 15.5 Å². The number of nitrogens with zero attached hydrogens (tertiary/aromatic N) is 4. The Kier molecular flexibility index (Phi) is 7.04. The van der Waals surface area contributed by atoms with Crippen LogP contribution in [0.2, 0.25) is 0 Å². The zero-order valence-electron chi connectivity index (χ0n) is 21.7. The van der Waals surface area contributed by atoms with Crippen molar-refractivity contribution in [2.45, 2.75) is 57.7 Å². The molecule has 38 heavy (non-hydrogen) atoms. The van der Waals surface area contributed by atoms with Gasteiger partial charge in [-0.25, -0.2) is 9.98 Å². The van der Waals surface area contributed by atoms with Gasteiger partial charge in [0.25, 0.3) is 5.91 Å². The summed E-state index contributed by atoms with van der Waals surface area (Å²) in [5.74, 6) is -0.458. The minimum atomic E-state index is -1.16. The molecule has 4 atom stereocenters. The number of aromatic nitrogens is 2. The third-order valence-corrected chi connectivity index (χ3v) is 8.29. The molecule has 9 nitrogen and oxygen atoms in total. The van der Waals surface area contributed by atoms with E-state index in [1.807, 2.05) is 50.5 Å². The van der Waals surface area contributed by atoms with Crippen LogP contribution in [0.15, 0.2) is 45.4 Å². The fourth-order valence-corrected chi connectivity index (χ4v) is 6.01. The molecule has 1 saturated heterocycles. The van der Waals surface area contributed by atoms with E-state index in [4.69, 9.17) is 17.3 Å². The van der Waals surface area contributed by atoms with Crippen molar-refractivity contribution in [3.63, 3.8) is 0 Å². The molecule has 0 bridgehead atoms. The van der Waals surface area contributed by atoms with Crippen LogP contribution in [0.25, 0.3) is 10.4 Å². The van der Waals surface area contributed by atoms with Crippen molar-refractivity contribution in [2.24, 2.45) is 10.9 Å². The molecule has 0 spiro atoms. The van der Waals surface area contributed by atoms with Crippen LogP contribution in [0.4, 0.5) is 0 Å². The molecule has 2 aliphatic heterocycles. The van der Waals surface area contributed by atoms with Crippen LogP contribution in [0.1, 0.15) is 50.1 Å². The van der Waals surface area contributed by atoms with Crippen molar-refractivity contribution in [3.8, 4) is 10.4 Å². The number of nitrogens with one attached hydrogen (secondary N) is 1. The van der Waals surface area contributed by atoms with E-state index in [1.54, 1.807) is 29.2 Å². The maximum Gasteiger partial charge on any atom is 0.257 e. The Bertz CT molecular complexity index is 1390. The van der Waals surface area contributed by atoms with Gasteiger partial charge in [-0.2, -0.15) is 0 Å². The first-order valence-corrected chi connectivity index (χ1v) is 13.4. The fraction of sp³-hybridized carbons (Fsp3) is 0.423. The third-order valence-electron chi connectivity index (χ3n) is 7.32. The molecule has 3 radical (unpaired) electrons. The number of thiazole rings is 1. The lowest BCUT2D eigenvalue weighted by Gasteiger charge is -2.29. The number of hydrogen-bond acceptors (Lipinski definition) is 8. The molecule has 4 heterocycles. The smallest absolute Gasteiger partial charge is 0.257 e. The van der Waals surface area contributed by atoms with Crippen molar-refractivity contribution < 1.29 is 19.2 Å². The minimum absolute atomic E-state index is 0.106. The first-order valence-electron chi connectivity index (χ1n) is 12.5. The number of hydrogen-bond donors (Lipinski definition) is 2. The molecule has 0 saturated carbocycles. The molecule has 5 rings (SSSR count). The first kappa shape index (κ1) is 26.4. The number of carbonyl (C=O) groups is 2. The van der Waals surface area contributed by atoms with Crippen LogP contribution in [0.3, 0.4) is 0 Å². The van der Waals surface area contributed by atoms with Crippen LogP contribution in [0.5, 0.6) is 0 Å². The molecule has 12 heteroatoms. The summed E-state index contributed by atoms with van der Waals surface area (Å²) in [7, 11) is 6.86. The third kappa shape index (κ3) is 4.60. The van der Waals surface area contributed by atoms with Gasteiger partial charge in [0.05, 0.1) is 28.2 Å². The average molecular weight is 528 g/mol. The zero-order valence-corrected chi connectivity index (χ0v) is 22.5. The van der Waals surface area contributed by atoms with Gasteiger partial charge >= 0.3 is 0 Å². The van der Waals surface area contributed by atoms with Gasteiger partial charge in [0, 0.05) is 26.3 Å². The average Bonchev–Trinajstić information content (AvgIpc) is 3.67. The highest BCUT2D eigenvalue weighted by atomic mass is 32.1. The number of β-amino-alcohol motifs (C(OH)–C–C–N with tert-alkyl or cyclic N) is 1. The van der Waals surface area contributed by atoms with Crippen LogP contribution >= 0.6 is 11.3 Å². The summed E-state index contributed by atoms with van der Waals surface area (Å²) in [5, 5.41) is 17.3. The summed E-state index contributed by atoms with van der Waals surface area (Å²) >= 11 is 1.57. The Morgan fingerprint density at radius 2 is 2.08 bits per heavy atom. The largest absolute Gasteiger partial charge is 0.391 e.